The minimum absolute atomic E-state index is 0.162. The average molecular weight is 376 g/mol. The van der Waals surface area contributed by atoms with Gasteiger partial charge in [0.1, 0.15) is 17.7 Å². The minimum atomic E-state index is -0.581. The van der Waals surface area contributed by atoms with Crippen LogP contribution in [0.2, 0.25) is 0 Å². The first-order valence-electron chi connectivity index (χ1n) is 8.62. The molecule has 0 aliphatic carbocycles. The van der Waals surface area contributed by atoms with Crippen molar-refractivity contribution in [2.24, 2.45) is 0 Å². The number of anilines is 1. The quantitative estimate of drug-likeness (QED) is 0.461. The topological polar surface area (TPSA) is 122 Å². The normalized spacial score (nSPS) is 11.5. The van der Waals surface area contributed by atoms with E-state index in [9.17, 15) is 4.39 Å². The highest BCUT2D eigenvalue weighted by Gasteiger charge is 2.18. The monoisotopic (exact) mass is 376 g/mol. The zero-order chi connectivity index (χ0) is 19.7. The van der Waals surface area contributed by atoms with Crippen LogP contribution in [0.25, 0.3) is 39.7 Å². The summed E-state index contributed by atoms with van der Waals surface area (Å²) < 4.78 is 16.5. The number of H-pyrrole nitrogens is 1. The van der Waals surface area contributed by atoms with Gasteiger partial charge in [0.25, 0.3) is 0 Å². The molecule has 0 bridgehead atoms. The third-order valence-corrected chi connectivity index (χ3v) is 4.41. The van der Waals surface area contributed by atoms with Gasteiger partial charge in [0.2, 0.25) is 0 Å². The van der Waals surface area contributed by atoms with Crippen LogP contribution in [-0.4, -0.2) is 35.9 Å². The Morgan fingerprint density at radius 3 is 2.86 bits per heavy atom. The van der Waals surface area contributed by atoms with E-state index >= 15 is 0 Å². The van der Waals surface area contributed by atoms with E-state index in [0.717, 1.165) is 11.3 Å². The van der Waals surface area contributed by atoms with Crippen molar-refractivity contribution in [3.05, 3.63) is 48.4 Å². The second kappa shape index (κ2) is 7.03. The van der Waals surface area contributed by atoms with Crippen molar-refractivity contribution in [3.63, 3.8) is 0 Å². The van der Waals surface area contributed by atoms with E-state index in [0.29, 0.717) is 34.5 Å². The fourth-order valence-electron chi connectivity index (χ4n) is 3.14. The van der Waals surface area contributed by atoms with Crippen LogP contribution < -0.4 is 5.73 Å². The molecule has 8 nitrogen and oxygen atoms in total. The van der Waals surface area contributed by atoms with E-state index in [-0.39, 0.29) is 5.82 Å². The van der Waals surface area contributed by atoms with Crippen molar-refractivity contribution >= 4 is 29.3 Å². The number of allylic oxidation sites excluding steroid dienone is 1. The van der Waals surface area contributed by atoms with Gasteiger partial charge in [0.05, 0.1) is 5.52 Å². The number of aromatic nitrogens is 6. The Bertz CT molecular complexity index is 1190. The first kappa shape index (κ1) is 17.5. The first-order valence-corrected chi connectivity index (χ1v) is 8.62. The van der Waals surface area contributed by atoms with E-state index in [1.807, 2.05) is 17.6 Å². The number of halogens is 1. The molecule has 0 amide bonds. The SMILES string of the molecule is CCc1nc2c(-c3ncn[nH]3)cc(-c3ccnc(N)c3F)cc2n1/C=C/C=N. The highest BCUT2D eigenvalue weighted by Crippen LogP contribution is 2.34. The minimum Gasteiger partial charge on any atom is -0.381 e. The Balaban J connectivity index is 2.08. The number of nitrogens with zero attached hydrogens (tertiary/aromatic N) is 5. The number of pyridine rings is 1. The summed E-state index contributed by atoms with van der Waals surface area (Å²) in [5, 5.41) is 14.1. The molecule has 0 unspecified atom stereocenters. The van der Waals surface area contributed by atoms with Gasteiger partial charge >= 0.3 is 0 Å². The number of hydrogen-bond acceptors (Lipinski definition) is 6. The molecular weight excluding hydrogens is 359 g/mol. The fraction of sp³-hybridized carbons (Fsp3) is 0.105. The molecular formula is C19H17FN8. The third-order valence-electron chi connectivity index (χ3n) is 4.41. The smallest absolute Gasteiger partial charge is 0.173 e. The van der Waals surface area contributed by atoms with Crippen LogP contribution in [0.1, 0.15) is 12.7 Å². The Hall–Kier alpha value is -3.88. The predicted octanol–water partition coefficient (Wildman–Crippen LogP) is 3.29. The molecule has 1 aromatic carbocycles. The van der Waals surface area contributed by atoms with E-state index in [1.54, 1.807) is 24.4 Å². The maximum absolute atomic E-state index is 14.6. The zero-order valence-corrected chi connectivity index (χ0v) is 15.0. The van der Waals surface area contributed by atoms with Gasteiger partial charge in [0, 0.05) is 36.2 Å². The van der Waals surface area contributed by atoms with Crippen molar-refractivity contribution in [3.8, 4) is 22.5 Å². The van der Waals surface area contributed by atoms with Gasteiger partial charge in [-0.2, -0.15) is 5.10 Å². The summed E-state index contributed by atoms with van der Waals surface area (Å²) in [6.45, 7) is 1.99. The van der Waals surface area contributed by atoms with Gasteiger partial charge in [0.15, 0.2) is 17.5 Å². The van der Waals surface area contributed by atoms with Crippen LogP contribution in [0.5, 0.6) is 0 Å². The maximum Gasteiger partial charge on any atom is 0.173 e. The largest absolute Gasteiger partial charge is 0.381 e. The summed E-state index contributed by atoms with van der Waals surface area (Å²) in [6.07, 6.45) is 8.11. The molecule has 0 aliphatic heterocycles. The molecule has 28 heavy (non-hydrogen) atoms. The van der Waals surface area contributed by atoms with E-state index < -0.39 is 5.82 Å². The molecule has 0 saturated carbocycles. The lowest BCUT2D eigenvalue weighted by molar-refractivity contribution is 0.631. The first-order chi connectivity index (χ1) is 13.6. The van der Waals surface area contributed by atoms with Gasteiger partial charge in [-0.1, -0.05) is 6.92 Å². The Morgan fingerprint density at radius 1 is 1.29 bits per heavy atom. The molecule has 3 aromatic heterocycles. The molecule has 3 heterocycles. The van der Waals surface area contributed by atoms with Crippen molar-refractivity contribution in [1.29, 1.82) is 5.41 Å². The van der Waals surface area contributed by atoms with Crippen LogP contribution >= 0.6 is 0 Å². The molecule has 0 spiro atoms. The molecule has 0 saturated heterocycles. The van der Waals surface area contributed by atoms with E-state index in [4.69, 9.17) is 16.1 Å². The van der Waals surface area contributed by atoms with Gasteiger partial charge in [-0.15, -0.1) is 0 Å². The van der Waals surface area contributed by atoms with E-state index in [2.05, 4.69) is 20.2 Å². The molecule has 9 heteroatoms. The second-order valence-electron chi connectivity index (χ2n) is 6.04. The standard InChI is InChI=1S/C19H17FN8/c1-2-15-26-17-13(19-24-10-25-27-19)8-11(9-14(17)28(15)7-3-5-21)12-4-6-23-18(22)16(12)20/h3-10,21H,2H2,1H3,(H2,22,23)(H,24,25,27)/b7-3+,21-5?. The van der Waals surface area contributed by atoms with Crippen molar-refractivity contribution in [1.82, 2.24) is 29.7 Å². The molecule has 0 fully saturated rings. The summed E-state index contributed by atoms with van der Waals surface area (Å²) in [7, 11) is 0. The summed E-state index contributed by atoms with van der Waals surface area (Å²) in [5.74, 6) is 0.589. The zero-order valence-electron chi connectivity index (χ0n) is 15.0. The van der Waals surface area contributed by atoms with Crippen molar-refractivity contribution < 1.29 is 4.39 Å². The average Bonchev–Trinajstić information content (AvgIpc) is 3.35. The lowest BCUT2D eigenvalue weighted by Gasteiger charge is -2.09. The number of aromatic amines is 1. The number of hydrogen-bond donors (Lipinski definition) is 3. The number of imidazole rings is 1. The fourth-order valence-corrected chi connectivity index (χ4v) is 3.14. The number of nitrogens with two attached hydrogens (primary N) is 1. The number of aryl methyl sites for hydroxylation is 1. The number of nitrogen functional groups attached to an aromatic ring is 1. The van der Waals surface area contributed by atoms with Gasteiger partial charge in [-0.3, -0.25) is 5.10 Å². The molecule has 0 atom stereocenters. The molecule has 140 valence electrons. The predicted molar refractivity (Wildman–Crippen MR) is 106 cm³/mol. The number of benzene rings is 1. The Morgan fingerprint density at radius 2 is 2.14 bits per heavy atom. The number of fused-ring (bicyclic) bond motifs is 1. The molecule has 4 rings (SSSR count). The van der Waals surface area contributed by atoms with Crippen LogP contribution in [0.3, 0.4) is 0 Å². The maximum atomic E-state index is 14.6. The van der Waals surface area contributed by atoms with E-state index in [1.165, 1.54) is 18.7 Å². The second-order valence-corrected chi connectivity index (χ2v) is 6.04. The summed E-state index contributed by atoms with van der Waals surface area (Å²) in [6, 6.07) is 5.22. The van der Waals surface area contributed by atoms with Crippen LogP contribution in [-0.2, 0) is 6.42 Å². The van der Waals surface area contributed by atoms with Crippen LogP contribution in [0.4, 0.5) is 10.2 Å². The van der Waals surface area contributed by atoms with Crippen molar-refractivity contribution in [2.45, 2.75) is 13.3 Å². The van der Waals surface area contributed by atoms with Gasteiger partial charge < -0.3 is 15.7 Å². The summed E-state index contributed by atoms with van der Waals surface area (Å²) in [4.78, 5) is 12.8. The highest BCUT2D eigenvalue weighted by atomic mass is 19.1. The molecule has 0 aliphatic rings. The highest BCUT2D eigenvalue weighted by molar-refractivity contribution is 5.96. The van der Waals surface area contributed by atoms with Gasteiger partial charge in [-0.05, 0) is 29.8 Å². The third kappa shape index (κ3) is 2.82. The lowest BCUT2D eigenvalue weighted by Crippen LogP contribution is -1.98. The van der Waals surface area contributed by atoms with Gasteiger partial charge in [-0.25, -0.2) is 19.3 Å². The number of nitrogens with one attached hydrogen (secondary N) is 2. The Kier molecular flexibility index (Phi) is 4.40. The molecule has 4 N–H and O–H groups in total. The van der Waals surface area contributed by atoms with Crippen LogP contribution in [0, 0.1) is 11.2 Å². The summed E-state index contributed by atoms with van der Waals surface area (Å²) in [5.41, 5.74) is 8.75. The summed E-state index contributed by atoms with van der Waals surface area (Å²) >= 11 is 0. The number of rotatable bonds is 5. The molecule has 0 radical (unpaired) electrons. The van der Waals surface area contributed by atoms with Crippen LogP contribution in [0.15, 0.2) is 36.8 Å². The lowest BCUT2D eigenvalue weighted by atomic mass is 10.0. The molecule has 4 aromatic rings. The Labute approximate surface area is 159 Å². The van der Waals surface area contributed by atoms with Crippen molar-refractivity contribution in [2.75, 3.05) is 5.73 Å².